The summed E-state index contributed by atoms with van der Waals surface area (Å²) in [5.41, 5.74) is -0.854. The molecule has 6 heteroatoms. The Morgan fingerprint density at radius 3 is 2.42 bits per heavy atom. The highest BCUT2D eigenvalue weighted by Crippen LogP contribution is 2.30. The van der Waals surface area contributed by atoms with Gasteiger partial charge in [0.1, 0.15) is 11.5 Å². The van der Waals surface area contributed by atoms with Gasteiger partial charge in [-0.25, -0.2) is 14.1 Å². The number of para-hydroxylation sites is 1. The van der Waals surface area contributed by atoms with Gasteiger partial charge in [0.25, 0.3) is 0 Å². The molecule has 0 bridgehead atoms. The number of nitrogens with zero attached hydrogens (tertiary/aromatic N) is 1. The lowest BCUT2D eigenvalue weighted by molar-refractivity contribution is -0.130. The number of hydrogen-bond donors (Lipinski definition) is 1. The van der Waals surface area contributed by atoms with E-state index in [1.165, 1.54) is 12.1 Å². The van der Waals surface area contributed by atoms with Gasteiger partial charge in [-0.15, -0.1) is 0 Å². The number of anilines is 1. The summed E-state index contributed by atoms with van der Waals surface area (Å²) in [7, 11) is 0. The molecule has 1 heterocycles. The van der Waals surface area contributed by atoms with Gasteiger partial charge in [-0.2, -0.15) is 0 Å². The molecular formula is C13H12FNO4. The van der Waals surface area contributed by atoms with Crippen LogP contribution < -0.4 is 4.90 Å². The van der Waals surface area contributed by atoms with Crippen molar-refractivity contribution >= 4 is 23.5 Å². The van der Waals surface area contributed by atoms with E-state index in [-0.39, 0.29) is 18.8 Å². The van der Waals surface area contributed by atoms with Gasteiger partial charge in [-0.1, -0.05) is 13.0 Å². The summed E-state index contributed by atoms with van der Waals surface area (Å²) in [5, 5.41) is 9.03. The van der Waals surface area contributed by atoms with Crippen LogP contribution in [0, 0.1) is 11.7 Å². The average Bonchev–Trinajstić information content (AvgIpc) is 2.29. The molecule has 0 radical (unpaired) electrons. The fourth-order valence-corrected chi connectivity index (χ4v) is 2.15. The quantitative estimate of drug-likeness (QED) is 0.827. The van der Waals surface area contributed by atoms with Crippen LogP contribution >= 0.6 is 0 Å². The third-order valence-corrected chi connectivity index (χ3v) is 2.99. The Bertz CT molecular complexity index is 552. The van der Waals surface area contributed by atoms with Crippen LogP contribution in [0.2, 0.25) is 0 Å². The highest BCUT2D eigenvalue weighted by atomic mass is 19.1. The Morgan fingerprint density at radius 1 is 1.32 bits per heavy atom. The Labute approximate surface area is 108 Å². The summed E-state index contributed by atoms with van der Waals surface area (Å²) < 4.78 is 13.8. The van der Waals surface area contributed by atoms with Crippen LogP contribution in [0.3, 0.4) is 0 Å². The summed E-state index contributed by atoms with van der Waals surface area (Å²) in [6, 6.07) is 3.42. The number of benzene rings is 1. The number of carbonyl (C=O) groups is 3. The molecule has 1 aromatic rings. The third kappa shape index (κ3) is 2.33. The molecule has 0 aromatic heterocycles. The second-order valence-corrected chi connectivity index (χ2v) is 4.58. The topological polar surface area (TPSA) is 74.7 Å². The zero-order chi connectivity index (χ0) is 14.2. The second kappa shape index (κ2) is 4.79. The largest absolute Gasteiger partial charge is 0.478 e. The van der Waals surface area contributed by atoms with Crippen molar-refractivity contribution < 1.29 is 23.9 Å². The summed E-state index contributed by atoms with van der Waals surface area (Å²) in [5.74, 6) is -3.53. The average molecular weight is 265 g/mol. The molecule has 0 aliphatic carbocycles. The highest BCUT2D eigenvalue weighted by Gasteiger charge is 2.35. The van der Waals surface area contributed by atoms with Gasteiger partial charge in [0.2, 0.25) is 11.8 Å². The molecule has 2 rings (SSSR count). The maximum absolute atomic E-state index is 13.8. The lowest BCUT2D eigenvalue weighted by Gasteiger charge is -2.29. The number of halogens is 1. The van der Waals surface area contributed by atoms with E-state index >= 15 is 0 Å². The molecule has 1 aromatic carbocycles. The van der Waals surface area contributed by atoms with Gasteiger partial charge in [-0.05, 0) is 18.1 Å². The summed E-state index contributed by atoms with van der Waals surface area (Å²) >= 11 is 0. The van der Waals surface area contributed by atoms with Crippen LogP contribution in [0.5, 0.6) is 0 Å². The van der Waals surface area contributed by atoms with E-state index in [1.54, 1.807) is 6.92 Å². The van der Waals surface area contributed by atoms with E-state index in [2.05, 4.69) is 0 Å². The van der Waals surface area contributed by atoms with Gasteiger partial charge in [0, 0.05) is 12.8 Å². The van der Waals surface area contributed by atoms with Crippen molar-refractivity contribution in [3.05, 3.63) is 29.6 Å². The molecule has 0 unspecified atom stereocenters. The van der Waals surface area contributed by atoms with Crippen molar-refractivity contribution in [1.82, 2.24) is 0 Å². The molecule has 100 valence electrons. The first kappa shape index (κ1) is 13.2. The van der Waals surface area contributed by atoms with Crippen LogP contribution in [0.1, 0.15) is 30.1 Å². The minimum Gasteiger partial charge on any atom is -0.478 e. The Morgan fingerprint density at radius 2 is 1.89 bits per heavy atom. The number of amides is 2. The lowest BCUT2D eigenvalue weighted by Crippen LogP contribution is -2.44. The van der Waals surface area contributed by atoms with E-state index in [0.717, 1.165) is 6.07 Å². The molecule has 0 saturated carbocycles. The fourth-order valence-electron chi connectivity index (χ4n) is 2.15. The molecule has 2 amide bonds. The SMILES string of the molecule is CC1CC(=O)N(c2c(F)cccc2C(=O)O)C(=O)C1. The summed E-state index contributed by atoms with van der Waals surface area (Å²) in [6.45, 7) is 1.74. The van der Waals surface area contributed by atoms with Gasteiger partial charge in [0.05, 0.1) is 5.56 Å². The van der Waals surface area contributed by atoms with Crippen LogP contribution in [0.25, 0.3) is 0 Å². The summed E-state index contributed by atoms with van der Waals surface area (Å²) in [4.78, 5) is 35.5. The van der Waals surface area contributed by atoms with Crippen LogP contribution in [0.4, 0.5) is 10.1 Å². The van der Waals surface area contributed by atoms with Crippen LogP contribution in [-0.2, 0) is 9.59 Å². The Balaban J connectivity index is 2.55. The zero-order valence-electron chi connectivity index (χ0n) is 10.2. The number of carboxylic acid groups (broad SMARTS) is 1. The second-order valence-electron chi connectivity index (χ2n) is 4.58. The third-order valence-electron chi connectivity index (χ3n) is 2.99. The molecule has 1 saturated heterocycles. The fraction of sp³-hybridized carbons (Fsp3) is 0.308. The van der Waals surface area contributed by atoms with Gasteiger partial charge in [-0.3, -0.25) is 9.59 Å². The smallest absolute Gasteiger partial charge is 0.337 e. The molecule has 0 spiro atoms. The molecule has 5 nitrogen and oxygen atoms in total. The maximum atomic E-state index is 13.8. The number of rotatable bonds is 2. The van der Waals surface area contributed by atoms with Crippen LogP contribution in [-0.4, -0.2) is 22.9 Å². The first-order valence-electron chi connectivity index (χ1n) is 5.79. The highest BCUT2D eigenvalue weighted by molar-refractivity contribution is 6.19. The number of hydrogen-bond acceptors (Lipinski definition) is 3. The Hall–Kier alpha value is -2.24. The molecule has 1 aliphatic rings. The predicted molar refractivity (Wildman–Crippen MR) is 64.3 cm³/mol. The van der Waals surface area contributed by atoms with Crippen LogP contribution in [0.15, 0.2) is 18.2 Å². The number of aromatic carboxylic acids is 1. The zero-order valence-corrected chi connectivity index (χ0v) is 10.2. The number of piperidine rings is 1. The van der Waals surface area contributed by atoms with E-state index in [9.17, 15) is 18.8 Å². The van der Waals surface area contributed by atoms with E-state index in [4.69, 9.17) is 5.11 Å². The lowest BCUT2D eigenvalue weighted by atomic mass is 9.96. The molecular weight excluding hydrogens is 253 g/mol. The van der Waals surface area contributed by atoms with Crippen molar-refractivity contribution in [2.24, 2.45) is 5.92 Å². The molecule has 1 aliphatic heterocycles. The molecule has 1 N–H and O–H groups in total. The molecule has 1 fully saturated rings. The van der Waals surface area contributed by atoms with Crippen molar-refractivity contribution in [2.45, 2.75) is 19.8 Å². The number of imide groups is 1. The van der Waals surface area contributed by atoms with Crippen molar-refractivity contribution in [3.63, 3.8) is 0 Å². The standard InChI is InChI=1S/C13H12FNO4/c1-7-5-10(16)15(11(17)6-7)12-8(13(18)19)3-2-4-9(12)14/h2-4,7H,5-6H2,1H3,(H,18,19). The monoisotopic (exact) mass is 265 g/mol. The number of carboxylic acids is 1. The van der Waals surface area contributed by atoms with Crippen molar-refractivity contribution in [1.29, 1.82) is 0 Å². The minimum absolute atomic E-state index is 0.0964. The normalized spacial score (nSPS) is 16.8. The Kier molecular flexibility index (Phi) is 3.33. The van der Waals surface area contributed by atoms with E-state index in [1.807, 2.05) is 0 Å². The van der Waals surface area contributed by atoms with E-state index < -0.39 is 34.9 Å². The number of carbonyl (C=O) groups excluding carboxylic acids is 2. The molecule has 0 atom stereocenters. The van der Waals surface area contributed by atoms with Gasteiger partial charge in [0.15, 0.2) is 0 Å². The minimum atomic E-state index is -1.38. The van der Waals surface area contributed by atoms with E-state index in [0.29, 0.717) is 4.90 Å². The first-order chi connectivity index (χ1) is 8.91. The van der Waals surface area contributed by atoms with Crippen molar-refractivity contribution in [2.75, 3.05) is 4.90 Å². The predicted octanol–water partition coefficient (Wildman–Crippen LogP) is 1.81. The van der Waals surface area contributed by atoms with Gasteiger partial charge >= 0.3 is 5.97 Å². The van der Waals surface area contributed by atoms with Crippen molar-refractivity contribution in [3.8, 4) is 0 Å². The summed E-state index contributed by atoms with van der Waals surface area (Å²) in [6.07, 6.45) is 0.193. The maximum Gasteiger partial charge on any atom is 0.337 e. The molecule has 19 heavy (non-hydrogen) atoms. The first-order valence-corrected chi connectivity index (χ1v) is 5.79. The van der Waals surface area contributed by atoms with Gasteiger partial charge < -0.3 is 5.11 Å².